The Kier molecular flexibility index (Phi) is 5.40. The normalized spacial score (nSPS) is 13.7. The van der Waals surface area contributed by atoms with Crippen molar-refractivity contribution in [2.45, 2.75) is 45.8 Å². The van der Waals surface area contributed by atoms with Gasteiger partial charge in [-0.25, -0.2) is 0 Å². The Balaban J connectivity index is 2.18. The van der Waals surface area contributed by atoms with E-state index in [-0.39, 0.29) is 6.04 Å². The van der Waals surface area contributed by atoms with E-state index in [1.54, 1.807) is 0 Å². The summed E-state index contributed by atoms with van der Waals surface area (Å²) in [6, 6.07) is 16.6. The summed E-state index contributed by atoms with van der Waals surface area (Å²) < 4.78 is 5.97. The minimum Gasteiger partial charge on any atom is -0.489 e. The Morgan fingerprint density at radius 3 is 2.38 bits per heavy atom. The van der Waals surface area contributed by atoms with Crippen LogP contribution in [0.4, 0.5) is 0 Å². The van der Waals surface area contributed by atoms with Crippen LogP contribution < -0.4 is 10.5 Å². The average molecular weight is 283 g/mol. The molecule has 2 heteroatoms. The molecule has 0 amide bonds. The summed E-state index contributed by atoms with van der Waals surface area (Å²) in [5, 5.41) is 0. The largest absolute Gasteiger partial charge is 0.489 e. The number of nitrogens with two attached hydrogens (primary N) is 1. The van der Waals surface area contributed by atoms with E-state index in [9.17, 15) is 0 Å². The van der Waals surface area contributed by atoms with E-state index in [0.29, 0.717) is 12.5 Å². The van der Waals surface area contributed by atoms with Crippen molar-refractivity contribution in [1.29, 1.82) is 0 Å². The molecule has 0 fully saturated rings. The van der Waals surface area contributed by atoms with Crippen LogP contribution in [0.5, 0.6) is 5.75 Å². The molecule has 2 N–H and O–H groups in total. The van der Waals surface area contributed by atoms with Crippen LogP contribution in [-0.2, 0) is 6.61 Å². The first-order chi connectivity index (χ1) is 10.1. The maximum atomic E-state index is 6.11. The Bertz CT molecular complexity index is 563. The predicted octanol–water partition coefficient (Wildman–Crippen LogP) is 4.80. The fraction of sp³-hybridized carbons (Fsp3) is 0.368. The number of hydrogen-bond acceptors (Lipinski definition) is 2. The highest BCUT2D eigenvalue weighted by atomic mass is 16.5. The molecule has 0 aromatic heterocycles. The van der Waals surface area contributed by atoms with E-state index in [1.807, 2.05) is 25.1 Å². The SMILES string of the molecule is CCC(C)c1ccc(OCc2ccccc2)c(C(C)N)c1. The Labute approximate surface area is 127 Å². The van der Waals surface area contributed by atoms with E-state index in [1.165, 1.54) is 11.1 Å². The van der Waals surface area contributed by atoms with Crippen LogP contribution in [0.3, 0.4) is 0 Å². The topological polar surface area (TPSA) is 35.2 Å². The molecule has 0 saturated heterocycles. The van der Waals surface area contributed by atoms with Crippen molar-refractivity contribution >= 4 is 0 Å². The molecule has 0 aliphatic carbocycles. The second-order valence-corrected chi connectivity index (χ2v) is 5.67. The molecule has 2 atom stereocenters. The molecule has 2 unspecified atom stereocenters. The summed E-state index contributed by atoms with van der Waals surface area (Å²) in [6.07, 6.45) is 1.13. The zero-order chi connectivity index (χ0) is 15.2. The van der Waals surface area contributed by atoms with Crippen LogP contribution >= 0.6 is 0 Å². The highest BCUT2D eigenvalue weighted by Gasteiger charge is 2.12. The number of ether oxygens (including phenoxy) is 1. The van der Waals surface area contributed by atoms with Gasteiger partial charge in [0.1, 0.15) is 12.4 Å². The molecule has 0 spiro atoms. The standard InChI is InChI=1S/C19H25NO/c1-4-14(2)17-10-11-19(18(12-17)15(3)20)21-13-16-8-6-5-7-9-16/h5-12,14-15H,4,13,20H2,1-3H3. The van der Waals surface area contributed by atoms with Crippen LogP contribution in [0, 0.1) is 0 Å². The van der Waals surface area contributed by atoms with Gasteiger partial charge in [0, 0.05) is 11.6 Å². The van der Waals surface area contributed by atoms with E-state index in [0.717, 1.165) is 17.7 Å². The van der Waals surface area contributed by atoms with Gasteiger partial charge in [0.2, 0.25) is 0 Å². The lowest BCUT2D eigenvalue weighted by molar-refractivity contribution is 0.301. The molecule has 2 aromatic carbocycles. The molecular formula is C19H25NO. The summed E-state index contributed by atoms with van der Waals surface area (Å²) in [4.78, 5) is 0. The maximum Gasteiger partial charge on any atom is 0.124 e. The first-order valence-electron chi connectivity index (χ1n) is 7.68. The molecular weight excluding hydrogens is 258 g/mol. The molecule has 2 aromatic rings. The Hall–Kier alpha value is -1.80. The quantitative estimate of drug-likeness (QED) is 0.826. The third-order valence-electron chi connectivity index (χ3n) is 3.94. The summed E-state index contributed by atoms with van der Waals surface area (Å²) in [7, 11) is 0. The van der Waals surface area contributed by atoms with Crippen molar-refractivity contribution in [3.05, 3.63) is 65.2 Å². The van der Waals surface area contributed by atoms with E-state index in [2.05, 4.69) is 44.2 Å². The summed E-state index contributed by atoms with van der Waals surface area (Å²) >= 11 is 0. The van der Waals surface area contributed by atoms with Crippen molar-refractivity contribution in [1.82, 2.24) is 0 Å². The zero-order valence-corrected chi connectivity index (χ0v) is 13.2. The van der Waals surface area contributed by atoms with Gasteiger partial charge in [-0.2, -0.15) is 0 Å². The maximum absolute atomic E-state index is 6.11. The summed E-state index contributed by atoms with van der Waals surface area (Å²) in [5.74, 6) is 1.44. The highest BCUT2D eigenvalue weighted by molar-refractivity contribution is 5.40. The van der Waals surface area contributed by atoms with E-state index >= 15 is 0 Å². The monoisotopic (exact) mass is 283 g/mol. The van der Waals surface area contributed by atoms with Crippen LogP contribution in [-0.4, -0.2) is 0 Å². The van der Waals surface area contributed by atoms with Gasteiger partial charge in [0.15, 0.2) is 0 Å². The van der Waals surface area contributed by atoms with Crippen LogP contribution in [0.1, 0.15) is 55.8 Å². The molecule has 21 heavy (non-hydrogen) atoms. The third kappa shape index (κ3) is 4.08. The van der Waals surface area contributed by atoms with Crippen molar-refractivity contribution in [3.8, 4) is 5.75 Å². The van der Waals surface area contributed by atoms with Gasteiger partial charge in [0.25, 0.3) is 0 Å². The first kappa shape index (κ1) is 15.6. The smallest absolute Gasteiger partial charge is 0.124 e. The minimum absolute atomic E-state index is 0.0280. The zero-order valence-electron chi connectivity index (χ0n) is 13.2. The summed E-state index contributed by atoms with van der Waals surface area (Å²) in [5.41, 5.74) is 9.70. The second kappa shape index (κ2) is 7.28. The number of hydrogen-bond donors (Lipinski definition) is 1. The average Bonchev–Trinajstić information content (AvgIpc) is 2.52. The third-order valence-corrected chi connectivity index (χ3v) is 3.94. The van der Waals surface area contributed by atoms with Crippen molar-refractivity contribution in [3.63, 3.8) is 0 Å². The highest BCUT2D eigenvalue weighted by Crippen LogP contribution is 2.29. The van der Waals surface area contributed by atoms with Gasteiger partial charge in [-0.05, 0) is 36.5 Å². The minimum atomic E-state index is -0.0280. The van der Waals surface area contributed by atoms with Gasteiger partial charge in [-0.1, -0.05) is 56.3 Å². The number of rotatable bonds is 6. The van der Waals surface area contributed by atoms with E-state index < -0.39 is 0 Å². The lowest BCUT2D eigenvalue weighted by Gasteiger charge is -2.18. The Morgan fingerprint density at radius 2 is 1.76 bits per heavy atom. The van der Waals surface area contributed by atoms with Crippen LogP contribution in [0.2, 0.25) is 0 Å². The van der Waals surface area contributed by atoms with Gasteiger partial charge in [-0.15, -0.1) is 0 Å². The fourth-order valence-corrected chi connectivity index (χ4v) is 2.33. The molecule has 0 heterocycles. The van der Waals surface area contributed by atoms with E-state index in [4.69, 9.17) is 10.5 Å². The fourth-order valence-electron chi connectivity index (χ4n) is 2.33. The van der Waals surface area contributed by atoms with Crippen LogP contribution in [0.25, 0.3) is 0 Å². The van der Waals surface area contributed by atoms with Gasteiger partial charge in [0.05, 0.1) is 0 Å². The summed E-state index contributed by atoms with van der Waals surface area (Å²) in [6.45, 7) is 7.02. The lowest BCUT2D eigenvalue weighted by atomic mass is 9.94. The van der Waals surface area contributed by atoms with Crippen molar-refractivity contribution in [2.24, 2.45) is 5.73 Å². The first-order valence-corrected chi connectivity index (χ1v) is 7.68. The van der Waals surface area contributed by atoms with Crippen molar-refractivity contribution in [2.75, 3.05) is 0 Å². The Morgan fingerprint density at radius 1 is 1.05 bits per heavy atom. The molecule has 0 saturated carbocycles. The number of benzene rings is 2. The predicted molar refractivity (Wildman–Crippen MR) is 88.5 cm³/mol. The van der Waals surface area contributed by atoms with Gasteiger partial charge in [-0.3, -0.25) is 0 Å². The van der Waals surface area contributed by atoms with Gasteiger partial charge < -0.3 is 10.5 Å². The van der Waals surface area contributed by atoms with Gasteiger partial charge >= 0.3 is 0 Å². The molecule has 0 radical (unpaired) electrons. The van der Waals surface area contributed by atoms with Crippen LogP contribution in [0.15, 0.2) is 48.5 Å². The molecule has 0 aliphatic rings. The molecule has 2 rings (SSSR count). The molecule has 112 valence electrons. The van der Waals surface area contributed by atoms with Crippen molar-refractivity contribution < 1.29 is 4.74 Å². The molecule has 0 bridgehead atoms. The lowest BCUT2D eigenvalue weighted by Crippen LogP contribution is -2.09. The molecule has 0 aliphatic heterocycles. The second-order valence-electron chi connectivity index (χ2n) is 5.67. The molecule has 2 nitrogen and oxygen atoms in total.